The number of amidine groups is 1. The Bertz CT molecular complexity index is 1170. The van der Waals surface area contributed by atoms with E-state index >= 15 is 0 Å². The Morgan fingerprint density at radius 3 is 2.83 bits per heavy atom. The summed E-state index contributed by atoms with van der Waals surface area (Å²) in [5.41, 5.74) is 10.3. The molecule has 2 aromatic rings. The molecule has 2 aromatic carbocycles. The monoisotopic (exact) mass is 492 g/mol. The van der Waals surface area contributed by atoms with Crippen molar-refractivity contribution in [1.82, 2.24) is 20.8 Å². The molecular formula is C25H28N6O3S. The van der Waals surface area contributed by atoms with Crippen LogP contribution < -0.4 is 16.2 Å². The molecule has 3 aliphatic heterocycles. The van der Waals surface area contributed by atoms with Crippen molar-refractivity contribution in [3.63, 3.8) is 0 Å². The number of aryl methyl sites for hydroxylation is 1. The molecule has 3 atom stereocenters. The Hall–Kier alpha value is -3.50. The number of nitrogens with one attached hydrogen (secondary N) is 3. The molecule has 0 aliphatic carbocycles. The molecule has 182 valence electrons. The van der Waals surface area contributed by atoms with Crippen LogP contribution in [-0.2, 0) is 9.53 Å². The van der Waals surface area contributed by atoms with Crippen molar-refractivity contribution >= 4 is 34.5 Å². The van der Waals surface area contributed by atoms with Crippen LogP contribution in [0.25, 0.3) is 0 Å². The van der Waals surface area contributed by atoms with E-state index in [1.165, 1.54) is 22.9 Å². The molecule has 1 saturated heterocycles. The molecule has 3 heterocycles. The van der Waals surface area contributed by atoms with Crippen LogP contribution in [0.15, 0.2) is 66.0 Å². The number of hydrogen-bond donors (Lipinski definition) is 3. The molecule has 0 saturated carbocycles. The normalized spacial score (nSPS) is 22.2. The van der Waals surface area contributed by atoms with Gasteiger partial charge < -0.3 is 20.0 Å². The Labute approximate surface area is 208 Å². The zero-order valence-corrected chi connectivity index (χ0v) is 20.4. The van der Waals surface area contributed by atoms with Gasteiger partial charge in [0.25, 0.3) is 0 Å². The van der Waals surface area contributed by atoms with Gasteiger partial charge in [0.2, 0.25) is 5.91 Å². The van der Waals surface area contributed by atoms with E-state index in [1.54, 1.807) is 31.2 Å². The summed E-state index contributed by atoms with van der Waals surface area (Å²) in [5.74, 6) is -0.390. The van der Waals surface area contributed by atoms with Crippen molar-refractivity contribution < 1.29 is 14.3 Å². The minimum absolute atomic E-state index is 0.00484. The number of hydrogen-bond acceptors (Lipinski definition) is 9. The van der Waals surface area contributed by atoms with Gasteiger partial charge in [-0.25, -0.2) is 10.2 Å². The maximum atomic E-state index is 12.6. The van der Waals surface area contributed by atoms with Crippen LogP contribution in [0.5, 0.6) is 0 Å². The highest BCUT2D eigenvalue weighted by molar-refractivity contribution is 8.14. The molecule has 0 aromatic heterocycles. The van der Waals surface area contributed by atoms with Gasteiger partial charge in [0.05, 0.1) is 30.0 Å². The second-order valence-corrected chi connectivity index (χ2v) is 9.56. The molecule has 0 bridgehead atoms. The maximum absolute atomic E-state index is 12.6. The number of fused-ring (bicyclic) bond motifs is 3. The SMILES string of the molecule is CCOC(=O)c1cccc(NC(=O)CSC2=NNC3C4CC(c5ccc(C)cc5)NN4C=CN23)c1. The van der Waals surface area contributed by atoms with Gasteiger partial charge in [0, 0.05) is 18.1 Å². The van der Waals surface area contributed by atoms with Gasteiger partial charge in [-0.05, 0) is 44.0 Å². The number of carbonyl (C=O) groups excluding carboxylic acids is 2. The summed E-state index contributed by atoms with van der Waals surface area (Å²) in [6, 6.07) is 15.8. The van der Waals surface area contributed by atoms with E-state index in [2.05, 4.69) is 62.4 Å². The van der Waals surface area contributed by atoms with Crippen LogP contribution >= 0.6 is 11.8 Å². The largest absolute Gasteiger partial charge is 0.462 e. The van der Waals surface area contributed by atoms with Crippen molar-refractivity contribution in [2.75, 3.05) is 17.7 Å². The Kier molecular flexibility index (Phi) is 6.65. The summed E-state index contributed by atoms with van der Waals surface area (Å²) in [5, 5.41) is 10.2. The van der Waals surface area contributed by atoms with E-state index in [1.807, 2.05) is 12.4 Å². The highest BCUT2D eigenvalue weighted by atomic mass is 32.2. The average Bonchev–Trinajstić information content (AvgIpc) is 3.47. The summed E-state index contributed by atoms with van der Waals surface area (Å²) in [7, 11) is 0. The number of thioether (sulfide) groups is 1. The zero-order valence-electron chi connectivity index (χ0n) is 19.6. The van der Waals surface area contributed by atoms with E-state index in [9.17, 15) is 9.59 Å². The number of ether oxygens (including phenoxy) is 1. The lowest BCUT2D eigenvalue weighted by molar-refractivity contribution is -0.113. The first-order valence-electron chi connectivity index (χ1n) is 11.6. The quantitative estimate of drug-likeness (QED) is 0.529. The van der Waals surface area contributed by atoms with Crippen molar-refractivity contribution in [3.05, 3.63) is 77.6 Å². The van der Waals surface area contributed by atoms with Gasteiger partial charge in [0.1, 0.15) is 6.17 Å². The Morgan fingerprint density at radius 1 is 1.20 bits per heavy atom. The van der Waals surface area contributed by atoms with E-state index < -0.39 is 5.97 Å². The third kappa shape index (κ3) is 4.98. The van der Waals surface area contributed by atoms with Crippen molar-refractivity contribution in [2.24, 2.45) is 5.10 Å². The smallest absolute Gasteiger partial charge is 0.338 e. The van der Waals surface area contributed by atoms with E-state index in [4.69, 9.17) is 4.74 Å². The lowest BCUT2D eigenvalue weighted by Crippen LogP contribution is -2.54. The van der Waals surface area contributed by atoms with Gasteiger partial charge in [0.15, 0.2) is 5.17 Å². The van der Waals surface area contributed by atoms with Gasteiger partial charge >= 0.3 is 5.97 Å². The molecule has 3 aliphatic rings. The highest BCUT2D eigenvalue weighted by Gasteiger charge is 2.44. The van der Waals surface area contributed by atoms with Crippen LogP contribution in [0.1, 0.15) is 40.9 Å². The van der Waals surface area contributed by atoms with Crippen molar-refractivity contribution in [3.8, 4) is 0 Å². The molecule has 3 unspecified atom stereocenters. The van der Waals surface area contributed by atoms with Crippen LogP contribution in [0.3, 0.4) is 0 Å². The fourth-order valence-corrected chi connectivity index (χ4v) is 5.20. The predicted octanol–water partition coefficient (Wildman–Crippen LogP) is 3.15. The zero-order chi connectivity index (χ0) is 24.4. The van der Waals surface area contributed by atoms with Crippen LogP contribution in [0.4, 0.5) is 5.69 Å². The number of nitrogens with zero attached hydrogens (tertiary/aromatic N) is 3. The number of esters is 1. The third-order valence-electron chi connectivity index (χ3n) is 6.17. The molecule has 3 N–H and O–H groups in total. The minimum atomic E-state index is -0.410. The first-order valence-corrected chi connectivity index (χ1v) is 12.6. The second-order valence-electron chi connectivity index (χ2n) is 8.61. The Balaban J connectivity index is 1.15. The average molecular weight is 493 g/mol. The van der Waals surface area contributed by atoms with Crippen molar-refractivity contribution in [1.29, 1.82) is 0 Å². The summed E-state index contributed by atoms with van der Waals surface area (Å²) < 4.78 is 5.02. The van der Waals surface area contributed by atoms with Gasteiger partial charge in [-0.2, -0.15) is 5.10 Å². The topological polar surface area (TPSA) is 98.3 Å². The second kappa shape index (κ2) is 10.0. The summed E-state index contributed by atoms with van der Waals surface area (Å²) in [4.78, 5) is 26.6. The summed E-state index contributed by atoms with van der Waals surface area (Å²) in [6.07, 6.45) is 4.94. The Morgan fingerprint density at radius 2 is 2.03 bits per heavy atom. The molecule has 0 spiro atoms. The van der Waals surface area contributed by atoms with Gasteiger partial charge in [-0.3, -0.25) is 10.2 Å². The van der Waals surface area contributed by atoms with Gasteiger partial charge in [-0.15, -0.1) is 0 Å². The standard InChI is InChI=1S/C25H28N6O3S/c1-3-34-24(33)18-5-4-6-19(13-18)26-22(32)15-35-25-28-27-23-21-14-20(17-9-7-16(2)8-10-17)29-31(21)12-11-30(23)25/h4-13,20-21,23,27,29H,3,14-15H2,1-2H3,(H,26,32). The number of rotatable bonds is 6. The van der Waals surface area contributed by atoms with Crippen LogP contribution in [0.2, 0.25) is 0 Å². The van der Waals surface area contributed by atoms with E-state index in [0.717, 1.165) is 11.6 Å². The lowest BCUT2D eigenvalue weighted by atomic mass is 9.99. The minimum Gasteiger partial charge on any atom is -0.462 e. The first kappa shape index (κ1) is 23.3. The van der Waals surface area contributed by atoms with Crippen molar-refractivity contribution in [2.45, 2.75) is 38.5 Å². The third-order valence-corrected chi connectivity index (χ3v) is 7.14. The summed E-state index contributed by atoms with van der Waals surface area (Å²) in [6.45, 7) is 4.15. The first-order chi connectivity index (χ1) is 17.0. The predicted molar refractivity (Wildman–Crippen MR) is 136 cm³/mol. The fourth-order valence-electron chi connectivity index (χ4n) is 4.43. The molecule has 9 nitrogen and oxygen atoms in total. The molecule has 35 heavy (non-hydrogen) atoms. The molecule has 1 fully saturated rings. The van der Waals surface area contributed by atoms with Crippen LogP contribution in [0, 0.1) is 6.92 Å². The molecule has 10 heteroatoms. The molecule has 1 amide bonds. The van der Waals surface area contributed by atoms with E-state index in [-0.39, 0.29) is 29.9 Å². The molecular weight excluding hydrogens is 464 g/mol. The maximum Gasteiger partial charge on any atom is 0.338 e. The number of anilines is 1. The number of carbonyl (C=O) groups is 2. The molecule has 5 rings (SSSR count). The number of hydrazone groups is 1. The fraction of sp³-hybridized carbons (Fsp3) is 0.320. The number of benzene rings is 2. The highest BCUT2D eigenvalue weighted by Crippen LogP contribution is 2.35. The molecule has 0 radical (unpaired) electrons. The van der Waals surface area contributed by atoms with E-state index in [0.29, 0.717) is 17.9 Å². The van der Waals surface area contributed by atoms with Crippen LogP contribution in [-0.4, -0.2) is 51.5 Å². The number of hydrazine groups is 1. The number of amides is 1. The van der Waals surface area contributed by atoms with Gasteiger partial charge in [-0.1, -0.05) is 47.7 Å². The lowest BCUT2D eigenvalue weighted by Gasteiger charge is -2.36. The summed E-state index contributed by atoms with van der Waals surface area (Å²) >= 11 is 1.37.